The minimum absolute atomic E-state index is 0.0345. The fourth-order valence-corrected chi connectivity index (χ4v) is 4.74. The van der Waals surface area contributed by atoms with Crippen LogP contribution in [-0.2, 0) is 4.79 Å². The van der Waals surface area contributed by atoms with Crippen molar-refractivity contribution in [3.8, 4) is 0 Å². The number of hydrogen-bond donors (Lipinski definition) is 0. The lowest BCUT2D eigenvalue weighted by atomic mass is 9.98. The normalized spacial score (nSPS) is 21.7. The van der Waals surface area contributed by atoms with Gasteiger partial charge in [0.2, 0.25) is 0 Å². The number of hydrogen-bond acceptors (Lipinski definition) is 5. The molecule has 3 heterocycles. The number of piperidine rings is 1. The average molecular weight is 430 g/mol. The molecule has 0 bridgehead atoms. The molecule has 2 unspecified atom stereocenters. The summed E-state index contributed by atoms with van der Waals surface area (Å²) in [6, 6.07) is 19.3. The van der Waals surface area contributed by atoms with E-state index in [0.29, 0.717) is 35.9 Å². The number of fused-ring (bicyclic) bond motifs is 1. The molecule has 6 heteroatoms. The Hall–Kier alpha value is -3.25. The highest BCUT2D eigenvalue weighted by Gasteiger charge is 2.35. The molecule has 0 aliphatic carbocycles. The summed E-state index contributed by atoms with van der Waals surface area (Å²) in [6.07, 6.45) is 3.92. The highest BCUT2D eigenvalue weighted by Crippen LogP contribution is 2.33. The molecule has 2 aliphatic heterocycles. The molecule has 164 valence electrons. The predicted molar refractivity (Wildman–Crippen MR) is 125 cm³/mol. The summed E-state index contributed by atoms with van der Waals surface area (Å²) in [5.74, 6) is -0.0345. The van der Waals surface area contributed by atoms with Crippen molar-refractivity contribution in [2.75, 3.05) is 13.1 Å². The Bertz CT molecular complexity index is 1220. The minimum atomic E-state index is -0.423. The van der Waals surface area contributed by atoms with Gasteiger partial charge in [-0.05, 0) is 44.0 Å². The molecule has 3 aromatic rings. The number of amides is 1. The first-order chi connectivity index (χ1) is 15.6. The second kappa shape index (κ2) is 8.71. The van der Waals surface area contributed by atoms with Gasteiger partial charge in [-0.15, -0.1) is 0 Å². The van der Waals surface area contributed by atoms with E-state index in [1.807, 2.05) is 54.6 Å². The van der Waals surface area contributed by atoms with Crippen LogP contribution in [0.5, 0.6) is 0 Å². The van der Waals surface area contributed by atoms with Crippen LogP contribution in [0.4, 0.5) is 0 Å². The average Bonchev–Trinajstić information content (AvgIpc) is 3.26. The molecule has 1 amide bonds. The first-order valence-electron chi connectivity index (χ1n) is 11.3. The molecular formula is C26H27N3O3. The van der Waals surface area contributed by atoms with Gasteiger partial charge in [0, 0.05) is 17.8 Å². The zero-order valence-corrected chi connectivity index (χ0v) is 18.2. The molecule has 0 radical (unpaired) electrons. The number of likely N-dealkylation sites (tertiary alicyclic amines) is 1. The van der Waals surface area contributed by atoms with E-state index in [0.717, 1.165) is 30.3 Å². The highest BCUT2D eigenvalue weighted by atomic mass is 16.4. The number of hydrazone groups is 1. The largest absolute Gasteiger partial charge is 0.422 e. The fourth-order valence-electron chi connectivity index (χ4n) is 4.74. The topological polar surface area (TPSA) is 66.1 Å². The number of para-hydroxylation sites is 1. The molecule has 2 aliphatic rings. The van der Waals surface area contributed by atoms with Crippen LogP contribution in [0, 0.1) is 0 Å². The van der Waals surface area contributed by atoms with Crippen molar-refractivity contribution in [3.05, 3.63) is 82.2 Å². The highest BCUT2D eigenvalue weighted by molar-refractivity contribution is 6.04. The van der Waals surface area contributed by atoms with Gasteiger partial charge in [0.25, 0.3) is 5.91 Å². The number of rotatable bonds is 4. The SMILES string of the molecule is CC1CCCCN1CC(=O)N1N=C(c2cc3ccccc3oc2=O)CC1c1ccccc1. The van der Waals surface area contributed by atoms with Gasteiger partial charge in [-0.1, -0.05) is 55.0 Å². The molecule has 1 saturated heterocycles. The first kappa shape index (κ1) is 20.6. The van der Waals surface area contributed by atoms with E-state index >= 15 is 0 Å². The van der Waals surface area contributed by atoms with E-state index < -0.39 is 5.63 Å². The van der Waals surface area contributed by atoms with Crippen molar-refractivity contribution >= 4 is 22.6 Å². The summed E-state index contributed by atoms with van der Waals surface area (Å²) >= 11 is 0. The second-order valence-corrected chi connectivity index (χ2v) is 8.72. The number of carbonyl (C=O) groups excluding carboxylic acids is 1. The smallest absolute Gasteiger partial charge is 0.345 e. The van der Waals surface area contributed by atoms with Crippen LogP contribution in [-0.4, -0.2) is 40.7 Å². The van der Waals surface area contributed by atoms with E-state index in [1.54, 1.807) is 11.1 Å². The minimum Gasteiger partial charge on any atom is -0.422 e. The third kappa shape index (κ3) is 3.98. The third-order valence-corrected chi connectivity index (χ3v) is 6.58. The zero-order chi connectivity index (χ0) is 22.1. The van der Waals surface area contributed by atoms with Crippen LogP contribution in [0.25, 0.3) is 11.0 Å². The molecular weight excluding hydrogens is 402 g/mol. The first-order valence-corrected chi connectivity index (χ1v) is 11.3. The van der Waals surface area contributed by atoms with Gasteiger partial charge in [0.15, 0.2) is 0 Å². The molecule has 1 aromatic heterocycles. The summed E-state index contributed by atoms with van der Waals surface area (Å²) < 4.78 is 5.53. The van der Waals surface area contributed by atoms with Gasteiger partial charge in [0.1, 0.15) is 5.58 Å². The molecule has 2 aromatic carbocycles. The molecule has 32 heavy (non-hydrogen) atoms. The van der Waals surface area contributed by atoms with Crippen molar-refractivity contribution in [3.63, 3.8) is 0 Å². The molecule has 5 rings (SSSR count). The Morgan fingerprint density at radius 2 is 1.88 bits per heavy atom. The molecule has 6 nitrogen and oxygen atoms in total. The number of nitrogens with zero attached hydrogens (tertiary/aromatic N) is 3. The van der Waals surface area contributed by atoms with Gasteiger partial charge in [0.05, 0.1) is 23.9 Å². The summed E-state index contributed by atoms with van der Waals surface area (Å²) in [7, 11) is 0. The quantitative estimate of drug-likeness (QED) is 0.579. The van der Waals surface area contributed by atoms with Gasteiger partial charge in [-0.3, -0.25) is 9.69 Å². The van der Waals surface area contributed by atoms with Gasteiger partial charge < -0.3 is 4.42 Å². The Morgan fingerprint density at radius 1 is 1.09 bits per heavy atom. The second-order valence-electron chi connectivity index (χ2n) is 8.72. The van der Waals surface area contributed by atoms with Crippen LogP contribution in [0.3, 0.4) is 0 Å². The molecule has 0 saturated carbocycles. The van der Waals surface area contributed by atoms with E-state index in [-0.39, 0.29) is 11.9 Å². The van der Waals surface area contributed by atoms with Gasteiger partial charge >= 0.3 is 5.63 Å². The van der Waals surface area contributed by atoms with E-state index in [2.05, 4.69) is 16.9 Å². The van der Waals surface area contributed by atoms with Crippen molar-refractivity contribution in [2.24, 2.45) is 5.10 Å². The van der Waals surface area contributed by atoms with Crippen LogP contribution in [0.15, 0.2) is 75.0 Å². The van der Waals surface area contributed by atoms with E-state index in [1.165, 1.54) is 6.42 Å². The standard InChI is InChI=1S/C26H27N3O3/c1-18-9-7-8-14-28(18)17-25(30)29-23(19-10-3-2-4-11-19)16-22(27-29)21-15-20-12-5-6-13-24(20)32-26(21)31/h2-6,10-13,15,18,23H,7-9,14,16-17H2,1H3. The molecule has 2 atom stereocenters. The lowest BCUT2D eigenvalue weighted by molar-refractivity contribution is -0.135. The maximum atomic E-state index is 13.4. The monoisotopic (exact) mass is 429 g/mol. The maximum Gasteiger partial charge on any atom is 0.345 e. The number of carbonyl (C=O) groups is 1. The Labute approximate surface area is 187 Å². The lowest BCUT2D eigenvalue weighted by Crippen LogP contribution is -2.44. The summed E-state index contributed by atoms with van der Waals surface area (Å²) in [6.45, 7) is 3.45. The van der Waals surface area contributed by atoms with Crippen LogP contribution >= 0.6 is 0 Å². The van der Waals surface area contributed by atoms with Crippen molar-refractivity contribution in [1.82, 2.24) is 9.91 Å². The summed E-state index contributed by atoms with van der Waals surface area (Å²) in [5.41, 5.74) is 2.15. The molecule has 0 N–H and O–H groups in total. The Kier molecular flexibility index (Phi) is 5.62. The van der Waals surface area contributed by atoms with Crippen molar-refractivity contribution in [2.45, 2.75) is 44.7 Å². The van der Waals surface area contributed by atoms with E-state index in [4.69, 9.17) is 4.42 Å². The van der Waals surface area contributed by atoms with E-state index in [9.17, 15) is 9.59 Å². The predicted octanol–water partition coefficient (Wildman–Crippen LogP) is 4.35. The fraction of sp³-hybridized carbons (Fsp3) is 0.346. The zero-order valence-electron chi connectivity index (χ0n) is 18.2. The summed E-state index contributed by atoms with van der Waals surface area (Å²) in [4.78, 5) is 28.4. The maximum absolute atomic E-state index is 13.4. The number of benzene rings is 2. The lowest BCUT2D eigenvalue weighted by Gasteiger charge is -2.34. The van der Waals surface area contributed by atoms with Crippen molar-refractivity contribution in [1.29, 1.82) is 0 Å². The van der Waals surface area contributed by atoms with Crippen LogP contribution in [0.2, 0.25) is 0 Å². The summed E-state index contributed by atoms with van der Waals surface area (Å²) in [5, 5.41) is 7.11. The van der Waals surface area contributed by atoms with Crippen LogP contribution < -0.4 is 5.63 Å². The third-order valence-electron chi connectivity index (χ3n) is 6.58. The molecule has 1 fully saturated rings. The Morgan fingerprint density at radius 3 is 2.69 bits per heavy atom. The molecule has 0 spiro atoms. The van der Waals surface area contributed by atoms with Gasteiger partial charge in [-0.25, -0.2) is 9.80 Å². The van der Waals surface area contributed by atoms with Crippen molar-refractivity contribution < 1.29 is 9.21 Å². The van der Waals surface area contributed by atoms with Crippen LogP contribution in [0.1, 0.15) is 49.8 Å². The van der Waals surface area contributed by atoms with Gasteiger partial charge in [-0.2, -0.15) is 5.10 Å². The Balaban J connectivity index is 1.49.